The van der Waals surface area contributed by atoms with Gasteiger partial charge in [0.2, 0.25) is 0 Å². The molecule has 64 valence electrons. The second kappa shape index (κ2) is 2.75. The number of hydrogen-bond acceptors (Lipinski definition) is 2. The molecule has 2 nitrogen and oxygen atoms in total. The molecular formula is C9H11FN2. The van der Waals surface area contributed by atoms with Gasteiger partial charge in [-0.25, -0.2) is 4.39 Å². The Morgan fingerprint density at radius 3 is 3.00 bits per heavy atom. The molecule has 0 spiro atoms. The van der Waals surface area contributed by atoms with Crippen LogP contribution in [0.4, 0.5) is 10.1 Å². The topological polar surface area (TPSA) is 38.0 Å². The summed E-state index contributed by atoms with van der Waals surface area (Å²) in [6.07, 6.45) is 0.895. The summed E-state index contributed by atoms with van der Waals surface area (Å²) in [5, 5.41) is 3.21. The second-order valence-corrected chi connectivity index (χ2v) is 3.07. The minimum atomic E-state index is -0.296. The van der Waals surface area contributed by atoms with Crippen LogP contribution in [0.5, 0.6) is 0 Å². The van der Waals surface area contributed by atoms with E-state index in [-0.39, 0.29) is 11.5 Å². The molecule has 0 radical (unpaired) electrons. The van der Waals surface area contributed by atoms with Crippen molar-refractivity contribution < 1.29 is 4.39 Å². The van der Waals surface area contributed by atoms with E-state index >= 15 is 0 Å². The van der Waals surface area contributed by atoms with Crippen molar-refractivity contribution in [2.75, 3.05) is 12.3 Å². The monoisotopic (exact) mass is 166 g/mol. The molecule has 1 aromatic carbocycles. The van der Waals surface area contributed by atoms with E-state index in [1.165, 1.54) is 0 Å². The number of halogens is 1. The third-order valence-electron chi connectivity index (χ3n) is 2.21. The van der Waals surface area contributed by atoms with Gasteiger partial charge in [-0.1, -0.05) is 0 Å². The van der Waals surface area contributed by atoms with Crippen LogP contribution >= 0.6 is 0 Å². The van der Waals surface area contributed by atoms with Crippen molar-refractivity contribution in [2.45, 2.75) is 13.0 Å². The number of fused-ring (bicyclic) bond motifs is 1. The van der Waals surface area contributed by atoms with Gasteiger partial charge in [-0.3, -0.25) is 0 Å². The van der Waals surface area contributed by atoms with E-state index in [0.717, 1.165) is 30.6 Å². The molecule has 0 aliphatic carbocycles. The van der Waals surface area contributed by atoms with Crippen LogP contribution in [0.1, 0.15) is 11.1 Å². The number of rotatable bonds is 0. The van der Waals surface area contributed by atoms with Crippen LogP contribution in [0.15, 0.2) is 12.1 Å². The van der Waals surface area contributed by atoms with E-state index in [0.29, 0.717) is 0 Å². The Kier molecular flexibility index (Phi) is 1.73. The van der Waals surface area contributed by atoms with Crippen molar-refractivity contribution in [1.29, 1.82) is 0 Å². The zero-order valence-electron chi connectivity index (χ0n) is 6.73. The fourth-order valence-corrected chi connectivity index (χ4v) is 1.52. The third kappa shape index (κ3) is 1.16. The molecule has 1 aliphatic rings. The Balaban J connectivity index is 2.49. The largest absolute Gasteiger partial charge is 0.396 e. The predicted molar refractivity (Wildman–Crippen MR) is 46.2 cm³/mol. The molecule has 0 amide bonds. The Bertz CT molecular complexity index is 279. The van der Waals surface area contributed by atoms with Gasteiger partial charge in [0.15, 0.2) is 0 Å². The van der Waals surface area contributed by atoms with Crippen LogP contribution in [0.25, 0.3) is 0 Å². The van der Waals surface area contributed by atoms with Crippen molar-refractivity contribution in [3.8, 4) is 0 Å². The Morgan fingerprint density at radius 1 is 1.33 bits per heavy atom. The van der Waals surface area contributed by atoms with Crippen LogP contribution in [0, 0.1) is 5.82 Å². The van der Waals surface area contributed by atoms with E-state index in [1.807, 2.05) is 0 Å². The lowest BCUT2D eigenvalue weighted by Gasteiger charge is -2.17. The standard InChI is InChI=1S/C9H11FN2/c10-8-3-6-1-2-12-5-7(6)4-9(8)11/h3-4,12H,1-2,5,11H2. The molecule has 0 saturated carbocycles. The summed E-state index contributed by atoms with van der Waals surface area (Å²) >= 11 is 0. The van der Waals surface area contributed by atoms with Crippen LogP contribution in [-0.2, 0) is 13.0 Å². The SMILES string of the molecule is Nc1cc2c(cc1F)CCNC2. The highest BCUT2D eigenvalue weighted by molar-refractivity contribution is 5.47. The van der Waals surface area contributed by atoms with Crippen molar-refractivity contribution in [1.82, 2.24) is 5.32 Å². The number of benzene rings is 1. The Labute approximate surface area is 70.6 Å². The van der Waals surface area contributed by atoms with Gasteiger partial charge in [-0.05, 0) is 36.2 Å². The first kappa shape index (κ1) is 7.55. The molecule has 3 heteroatoms. The van der Waals surface area contributed by atoms with E-state index in [9.17, 15) is 4.39 Å². The average molecular weight is 166 g/mol. The fraction of sp³-hybridized carbons (Fsp3) is 0.333. The molecule has 2 rings (SSSR count). The maximum Gasteiger partial charge on any atom is 0.146 e. The number of nitrogen functional groups attached to an aromatic ring is 1. The van der Waals surface area contributed by atoms with Gasteiger partial charge in [0.25, 0.3) is 0 Å². The molecule has 1 aromatic rings. The summed E-state index contributed by atoms with van der Waals surface area (Å²) in [5.41, 5.74) is 7.90. The second-order valence-electron chi connectivity index (χ2n) is 3.07. The number of nitrogens with two attached hydrogens (primary N) is 1. The van der Waals surface area contributed by atoms with Gasteiger partial charge in [-0.15, -0.1) is 0 Å². The zero-order valence-corrected chi connectivity index (χ0v) is 6.73. The lowest BCUT2D eigenvalue weighted by molar-refractivity contribution is 0.609. The van der Waals surface area contributed by atoms with Crippen LogP contribution in [0.2, 0.25) is 0 Å². The number of hydrogen-bond donors (Lipinski definition) is 2. The van der Waals surface area contributed by atoms with Gasteiger partial charge >= 0.3 is 0 Å². The molecule has 0 fully saturated rings. The normalized spacial score (nSPS) is 15.8. The van der Waals surface area contributed by atoms with Gasteiger partial charge in [0, 0.05) is 6.54 Å². The summed E-state index contributed by atoms with van der Waals surface area (Å²) in [7, 11) is 0. The van der Waals surface area contributed by atoms with E-state index in [2.05, 4.69) is 5.32 Å². The van der Waals surface area contributed by atoms with E-state index in [1.54, 1.807) is 12.1 Å². The van der Waals surface area contributed by atoms with Gasteiger partial charge in [0.05, 0.1) is 5.69 Å². The number of nitrogens with one attached hydrogen (secondary N) is 1. The first-order valence-corrected chi connectivity index (χ1v) is 4.05. The maximum atomic E-state index is 13.0. The van der Waals surface area contributed by atoms with Crippen molar-refractivity contribution in [3.05, 3.63) is 29.1 Å². The van der Waals surface area contributed by atoms with Gasteiger partial charge in [-0.2, -0.15) is 0 Å². The summed E-state index contributed by atoms with van der Waals surface area (Å²) in [5.74, 6) is -0.296. The first-order valence-electron chi connectivity index (χ1n) is 4.05. The Morgan fingerprint density at radius 2 is 2.17 bits per heavy atom. The lowest BCUT2D eigenvalue weighted by atomic mass is 10.0. The molecule has 1 aliphatic heterocycles. The smallest absolute Gasteiger partial charge is 0.146 e. The maximum absolute atomic E-state index is 13.0. The third-order valence-corrected chi connectivity index (χ3v) is 2.21. The Hall–Kier alpha value is -1.09. The average Bonchev–Trinajstić information content (AvgIpc) is 2.07. The van der Waals surface area contributed by atoms with E-state index in [4.69, 9.17) is 5.73 Å². The highest BCUT2D eigenvalue weighted by Crippen LogP contribution is 2.20. The lowest BCUT2D eigenvalue weighted by Crippen LogP contribution is -2.23. The summed E-state index contributed by atoms with van der Waals surface area (Å²) in [6.45, 7) is 1.73. The molecule has 0 unspecified atom stereocenters. The van der Waals surface area contributed by atoms with Crippen molar-refractivity contribution in [2.24, 2.45) is 0 Å². The van der Waals surface area contributed by atoms with Crippen LogP contribution in [-0.4, -0.2) is 6.54 Å². The molecule has 0 bridgehead atoms. The summed E-state index contributed by atoms with van der Waals surface area (Å²) in [4.78, 5) is 0. The zero-order chi connectivity index (χ0) is 8.55. The predicted octanol–water partition coefficient (Wildman–Crippen LogP) is 1.05. The van der Waals surface area contributed by atoms with Crippen molar-refractivity contribution in [3.63, 3.8) is 0 Å². The molecule has 3 N–H and O–H groups in total. The van der Waals surface area contributed by atoms with E-state index < -0.39 is 0 Å². The minimum absolute atomic E-state index is 0.248. The summed E-state index contributed by atoms with van der Waals surface area (Å²) < 4.78 is 13.0. The number of anilines is 1. The highest BCUT2D eigenvalue weighted by Gasteiger charge is 2.10. The minimum Gasteiger partial charge on any atom is -0.396 e. The molecular weight excluding hydrogens is 155 g/mol. The highest BCUT2D eigenvalue weighted by atomic mass is 19.1. The molecule has 0 saturated heterocycles. The van der Waals surface area contributed by atoms with Crippen molar-refractivity contribution >= 4 is 5.69 Å². The molecule has 12 heavy (non-hydrogen) atoms. The quantitative estimate of drug-likeness (QED) is 0.565. The molecule has 1 heterocycles. The van der Waals surface area contributed by atoms with Gasteiger partial charge in [0.1, 0.15) is 5.82 Å². The van der Waals surface area contributed by atoms with Crippen LogP contribution < -0.4 is 11.1 Å². The molecule has 0 aromatic heterocycles. The first-order chi connectivity index (χ1) is 5.77. The summed E-state index contributed by atoms with van der Waals surface area (Å²) in [6, 6.07) is 3.27. The molecule has 0 atom stereocenters. The fourth-order valence-electron chi connectivity index (χ4n) is 1.52. The van der Waals surface area contributed by atoms with Gasteiger partial charge < -0.3 is 11.1 Å². The van der Waals surface area contributed by atoms with Crippen LogP contribution in [0.3, 0.4) is 0 Å².